The van der Waals surface area contributed by atoms with Crippen molar-refractivity contribution in [2.45, 2.75) is 56.9 Å². The number of piperidine rings is 1. The molecule has 1 aliphatic carbocycles. The van der Waals surface area contributed by atoms with E-state index < -0.39 is 10.0 Å². The summed E-state index contributed by atoms with van der Waals surface area (Å²) >= 11 is 0. The first-order chi connectivity index (χ1) is 13.4. The van der Waals surface area contributed by atoms with E-state index in [4.69, 9.17) is 0 Å². The Bertz CT molecular complexity index is 896. The third-order valence-electron chi connectivity index (χ3n) is 6.56. The second-order valence-electron chi connectivity index (χ2n) is 8.66. The van der Waals surface area contributed by atoms with Crippen LogP contribution in [0.5, 0.6) is 0 Å². The largest absolute Gasteiger partial charge is 0.261 e. The zero-order chi connectivity index (χ0) is 19.7. The van der Waals surface area contributed by atoms with E-state index in [0.717, 1.165) is 43.4 Å². The van der Waals surface area contributed by atoms with E-state index in [1.165, 1.54) is 0 Å². The lowest BCUT2D eigenvalue weighted by Crippen LogP contribution is -2.53. The van der Waals surface area contributed by atoms with E-state index in [0.29, 0.717) is 29.2 Å². The molecule has 5 heteroatoms. The number of benzene rings is 1. The molecule has 1 saturated heterocycles. The van der Waals surface area contributed by atoms with Crippen LogP contribution in [0.25, 0.3) is 0 Å². The lowest BCUT2D eigenvalue weighted by atomic mass is 9.67. The van der Waals surface area contributed by atoms with Crippen molar-refractivity contribution in [1.29, 1.82) is 0 Å². The van der Waals surface area contributed by atoms with E-state index in [-0.39, 0.29) is 6.04 Å². The number of fused-ring (bicyclic) bond motifs is 1. The molecule has 4 atom stereocenters. The van der Waals surface area contributed by atoms with E-state index in [1.807, 2.05) is 41.7 Å². The van der Waals surface area contributed by atoms with Crippen LogP contribution in [-0.4, -0.2) is 30.3 Å². The molecule has 150 valence electrons. The Morgan fingerprint density at radius 3 is 2.61 bits per heavy atom. The van der Waals surface area contributed by atoms with E-state index >= 15 is 0 Å². The number of sulfonamides is 1. The normalized spacial score (nSPS) is 28.6. The molecule has 28 heavy (non-hydrogen) atoms. The maximum absolute atomic E-state index is 13.4. The maximum Gasteiger partial charge on any atom is 0.243 e. The summed E-state index contributed by atoms with van der Waals surface area (Å²) in [4.78, 5) is 4.96. The molecule has 4 rings (SSSR count). The Morgan fingerprint density at radius 1 is 1.11 bits per heavy atom. The summed E-state index contributed by atoms with van der Waals surface area (Å²) in [5.74, 6) is 1.45. The van der Waals surface area contributed by atoms with Gasteiger partial charge >= 0.3 is 0 Å². The minimum absolute atomic E-state index is 0.109. The summed E-state index contributed by atoms with van der Waals surface area (Å²) in [6.45, 7) is 4.89. The van der Waals surface area contributed by atoms with Crippen molar-refractivity contribution in [2.75, 3.05) is 6.54 Å². The van der Waals surface area contributed by atoms with E-state index in [1.54, 1.807) is 12.1 Å². The highest BCUT2D eigenvalue weighted by molar-refractivity contribution is 7.89. The van der Waals surface area contributed by atoms with Gasteiger partial charge in [-0.15, -0.1) is 0 Å². The summed E-state index contributed by atoms with van der Waals surface area (Å²) in [5.41, 5.74) is 2.20. The van der Waals surface area contributed by atoms with Crippen LogP contribution in [0.2, 0.25) is 0 Å². The molecule has 2 aliphatic rings. The maximum atomic E-state index is 13.4. The van der Waals surface area contributed by atoms with Crippen LogP contribution in [0.4, 0.5) is 0 Å². The second-order valence-corrected chi connectivity index (χ2v) is 10.6. The van der Waals surface area contributed by atoms with Crippen molar-refractivity contribution in [1.82, 2.24) is 9.29 Å². The quantitative estimate of drug-likeness (QED) is 0.765. The molecule has 0 bridgehead atoms. The summed E-state index contributed by atoms with van der Waals surface area (Å²) in [5, 5.41) is 0. The van der Waals surface area contributed by atoms with Gasteiger partial charge in [-0.2, -0.15) is 4.31 Å². The summed E-state index contributed by atoms with van der Waals surface area (Å²) in [6, 6.07) is 13.5. The fraction of sp³-hybridized carbons (Fsp3) is 0.522. The van der Waals surface area contributed by atoms with E-state index in [9.17, 15) is 8.42 Å². The van der Waals surface area contributed by atoms with Crippen molar-refractivity contribution in [2.24, 2.45) is 17.8 Å². The van der Waals surface area contributed by atoms with Crippen LogP contribution in [0, 0.1) is 24.7 Å². The van der Waals surface area contributed by atoms with Crippen molar-refractivity contribution in [3.8, 4) is 0 Å². The fourth-order valence-electron chi connectivity index (χ4n) is 5.26. The minimum Gasteiger partial charge on any atom is -0.261 e. The predicted molar refractivity (Wildman–Crippen MR) is 111 cm³/mol. The van der Waals surface area contributed by atoms with Crippen molar-refractivity contribution in [3.05, 3.63) is 59.9 Å². The Hall–Kier alpha value is -1.72. The predicted octanol–water partition coefficient (Wildman–Crippen LogP) is 4.45. The third kappa shape index (κ3) is 3.87. The zero-order valence-corrected chi connectivity index (χ0v) is 17.6. The van der Waals surface area contributed by atoms with Gasteiger partial charge in [-0.1, -0.05) is 30.7 Å². The molecule has 0 radical (unpaired) electrons. The van der Waals surface area contributed by atoms with Crippen LogP contribution < -0.4 is 0 Å². The summed E-state index contributed by atoms with van der Waals surface area (Å²) in [7, 11) is -3.45. The van der Waals surface area contributed by atoms with Gasteiger partial charge in [0.25, 0.3) is 0 Å². The highest BCUT2D eigenvalue weighted by Gasteiger charge is 2.45. The summed E-state index contributed by atoms with van der Waals surface area (Å²) in [6.07, 6.45) is 7.00. The molecule has 4 nitrogen and oxygen atoms in total. The molecule has 2 fully saturated rings. The van der Waals surface area contributed by atoms with Gasteiger partial charge in [0, 0.05) is 24.5 Å². The molecule has 1 saturated carbocycles. The van der Waals surface area contributed by atoms with Crippen molar-refractivity contribution < 1.29 is 8.42 Å². The van der Waals surface area contributed by atoms with Crippen molar-refractivity contribution >= 4 is 10.0 Å². The number of nitrogens with zero attached hydrogens (tertiary/aromatic N) is 2. The van der Waals surface area contributed by atoms with E-state index in [2.05, 4.69) is 18.0 Å². The van der Waals surface area contributed by atoms with Gasteiger partial charge in [0.1, 0.15) is 0 Å². The SMILES string of the molecule is Cc1ccc(S(=O)(=O)N2CCC[C@H]3[C@H](Cc4ccccn4)C[C@@H](C)C[C@@H]32)cc1. The van der Waals surface area contributed by atoms with Gasteiger partial charge < -0.3 is 0 Å². The van der Waals surface area contributed by atoms with Crippen LogP contribution >= 0.6 is 0 Å². The Balaban J connectivity index is 1.61. The van der Waals surface area contributed by atoms with Gasteiger partial charge in [-0.05, 0) is 81.0 Å². The molecule has 0 N–H and O–H groups in total. The number of pyridine rings is 1. The molecule has 0 unspecified atom stereocenters. The molecule has 2 heterocycles. The number of hydrogen-bond acceptors (Lipinski definition) is 3. The monoisotopic (exact) mass is 398 g/mol. The summed E-state index contributed by atoms with van der Waals surface area (Å²) < 4.78 is 28.7. The van der Waals surface area contributed by atoms with Crippen LogP contribution in [0.1, 0.15) is 43.9 Å². The zero-order valence-electron chi connectivity index (χ0n) is 16.8. The standard InChI is InChI=1S/C23H30N2O2S/c1-17-8-10-21(11-9-17)28(26,27)25-13-5-7-22-19(14-18(2)15-23(22)25)16-20-6-3-4-12-24-20/h3-4,6,8-12,18-19,22-23H,5,7,13-16H2,1-2H3/t18-,19+,22+,23+/m1/s1. The number of rotatable bonds is 4. The molecule has 2 aromatic rings. The van der Waals surface area contributed by atoms with Crippen LogP contribution in [-0.2, 0) is 16.4 Å². The second kappa shape index (κ2) is 7.96. The molecular formula is C23H30N2O2S. The minimum atomic E-state index is -3.45. The lowest BCUT2D eigenvalue weighted by Gasteiger charge is -2.48. The molecule has 1 aromatic carbocycles. The number of aryl methyl sites for hydroxylation is 1. The third-order valence-corrected chi connectivity index (χ3v) is 8.50. The van der Waals surface area contributed by atoms with Gasteiger partial charge in [0.05, 0.1) is 4.90 Å². The Labute approximate surface area is 169 Å². The molecular weight excluding hydrogens is 368 g/mol. The van der Waals surface area contributed by atoms with Crippen LogP contribution in [0.3, 0.4) is 0 Å². The first kappa shape index (κ1) is 19.6. The first-order valence-corrected chi connectivity index (χ1v) is 11.9. The number of aromatic nitrogens is 1. The fourth-order valence-corrected chi connectivity index (χ4v) is 6.98. The average Bonchev–Trinajstić information content (AvgIpc) is 2.68. The Morgan fingerprint density at radius 2 is 1.89 bits per heavy atom. The van der Waals surface area contributed by atoms with Crippen LogP contribution in [0.15, 0.2) is 53.6 Å². The smallest absolute Gasteiger partial charge is 0.243 e. The topological polar surface area (TPSA) is 50.3 Å². The Kier molecular flexibility index (Phi) is 5.57. The van der Waals surface area contributed by atoms with Gasteiger partial charge in [-0.25, -0.2) is 8.42 Å². The average molecular weight is 399 g/mol. The van der Waals surface area contributed by atoms with Gasteiger partial charge in [0.2, 0.25) is 10.0 Å². The molecule has 0 amide bonds. The van der Waals surface area contributed by atoms with Gasteiger partial charge in [0.15, 0.2) is 0 Å². The lowest BCUT2D eigenvalue weighted by molar-refractivity contribution is 0.0531. The highest BCUT2D eigenvalue weighted by atomic mass is 32.2. The molecule has 0 spiro atoms. The van der Waals surface area contributed by atoms with Crippen molar-refractivity contribution in [3.63, 3.8) is 0 Å². The molecule has 1 aromatic heterocycles. The number of hydrogen-bond donors (Lipinski definition) is 0. The first-order valence-electron chi connectivity index (χ1n) is 10.4. The highest BCUT2D eigenvalue weighted by Crippen LogP contribution is 2.44. The molecule has 1 aliphatic heterocycles. The van der Waals surface area contributed by atoms with Gasteiger partial charge in [-0.3, -0.25) is 4.98 Å².